The van der Waals surface area contributed by atoms with Gasteiger partial charge in [-0.05, 0) is 31.2 Å². The number of carboxylic acids is 1. The van der Waals surface area contributed by atoms with Crippen LogP contribution in [0.1, 0.15) is 17.4 Å². The van der Waals surface area contributed by atoms with Gasteiger partial charge in [0, 0.05) is 6.54 Å². The number of rotatable bonds is 3. The van der Waals surface area contributed by atoms with Crippen LogP contribution in [0.4, 0.5) is 4.39 Å². The van der Waals surface area contributed by atoms with E-state index in [4.69, 9.17) is 5.11 Å². The van der Waals surface area contributed by atoms with Crippen LogP contribution in [0.5, 0.6) is 0 Å². The van der Waals surface area contributed by atoms with Crippen LogP contribution in [0.3, 0.4) is 0 Å². The number of aryl methyl sites for hydroxylation is 1. The van der Waals surface area contributed by atoms with Gasteiger partial charge < -0.3 is 5.11 Å². The minimum absolute atomic E-state index is 0.0773. The lowest BCUT2D eigenvalue weighted by atomic mass is 10.3. The number of carbonyl (C=O) groups is 1. The van der Waals surface area contributed by atoms with Crippen LogP contribution in [-0.2, 0) is 6.54 Å². The smallest absolute Gasteiger partial charge is 0.362 e. The second-order valence-corrected chi connectivity index (χ2v) is 3.87. The van der Waals surface area contributed by atoms with Crippen LogP contribution in [0.25, 0.3) is 5.69 Å². The van der Waals surface area contributed by atoms with Crippen molar-refractivity contribution < 1.29 is 14.3 Å². The Balaban J connectivity index is 2.84. The van der Waals surface area contributed by atoms with E-state index in [-0.39, 0.29) is 12.2 Å². The van der Waals surface area contributed by atoms with Gasteiger partial charge in [-0.3, -0.25) is 4.79 Å². The third-order valence-electron chi connectivity index (χ3n) is 2.63. The topological polar surface area (TPSA) is 94.2 Å². The molecule has 0 aliphatic heterocycles. The quantitative estimate of drug-likeness (QED) is 0.869. The van der Waals surface area contributed by atoms with Crippen molar-refractivity contribution in [3.05, 3.63) is 56.6 Å². The summed E-state index contributed by atoms with van der Waals surface area (Å²) in [6.07, 6.45) is 0. The Kier molecular flexibility index (Phi) is 3.47. The molecule has 0 fully saturated rings. The van der Waals surface area contributed by atoms with Gasteiger partial charge in [0.2, 0.25) is 5.69 Å². The molecule has 1 aromatic carbocycles. The van der Waals surface area contributed by atoms with Crippen molar-refractivity contribution in [3.8, 4) is 5.69 Å². The molecule has 8 heteroatoms. The van der Waals surface area contributed by atoms with Gasteiger partial charge in [0.1, 0.15) is 5.82 Å². The Morgan fingerprint density at radius 2 is 1.90 bits per heavy atom. The van der Waals surface area contributed by atoms with E-state index in [1.807, 2.05) is 0 Å². The summed E-state index contributed by atoms with van der Waals surface area (Å²) in [6, 6.07) is 4.56. The number of halogens is 1. The van der Waals surface area contributed by atoms with Crippen molar-refractivity contribution in [1.29, 1.82) is 0 Å². The summed E-state index contributed by atoms with van der Waals surface area (Å²) in [6.45, 7) is 1.68. The first-order valence-corrected chi connectivity index (χ1v) is 5.69. The molecule has 20 heavy (non-hydrogen) atoms. The highest BCUT2D eigenvalue weighted by Gasteiger charge is 2.19. The maximum absolute atomic E-state index is 12.9. The minimum Gasteiger partial charge on any atom is -0.476 e. The second-order valence-electron chi connectivity index (χ2n) is 3.87. The van der Waals surface area contributed by atoms with Crippen LogP contribution in [0.2, 0.25) is 0 Å². The standard InChI is InChI=1S/C12H10FN3O4/c1-2-15-12(20)16(8-5-3-7(13)4-6-8)10(17)9(14-15)11(18)19/h3-6H,2H2,1H3,(H,18,19). The molecule has 0 unspecified atom stereocenters. The molecule has 0 amide bonds. The highest BCUT2D eigenvalue weighted by molar-refractivity contribution is 5.84. The van der Waals surface area contributed by atoms with Crippen LogP contribution in [0.15, 0.2) is 33.9 Å². The highest BCUT2D eigenvalue weighted by atomic mass is 19.1. The fourth-order valence-corrected chi connectivity index (χ4v) is 1.67. The van der Waals surface area contributed by atoms with Crippen LogP contribution in [-0.4, -0.2) is 25.4 Å². The molecule has 1 N–H and O–H groups in total. The fraction of sp³-hybridized carbons (Fsp3) is 0.167. The van der Waals surface area contributed by atoms with Gasteiger partial charge in [0.15, 0.2) is 0 Å². The molecule has 7 nitrogen and oxygen atoms in total. The summed E-state index contributed by atoms with van der Waals surface area (Å²) in [7, 11) is 0. The predicted molar refractivity (Wildman–Crippen MR) is 66.7 cm³/mol. The molecule has 0 bridgehead atoms. The van der Waals surface area contributed by atoms with E-state index in [0.717, 1.165) is 16.8 Å². The van der Waals surface area contributed by atoms with E-state index in [1.165, 1.54) is 12.1 Å². The largest absolute Gasteiger partial charge is 0.476 e. The van der Waals surface area contributed by atoms with E-state index in [9.17, 15) is 18.8 Å². The molecule has 0 atom stereocenters. The Labute approximate surface area is 111 Å². The molecule has 2 rings (SSSR count). The molecule has 0 spiro atoms. The molecule has 1 heterocycles. The maximum atomic E-state index is 12.9. The number of hydrogen-bond acceptors (Lipinski definition) is 4. The number of carboxylic acid groups (broad SMARTS) is 1. The van der Waals surface area contributed by atoms with Crippen molar-refractivity contribution in [1.82, 2.24) is 14.3 Å². The number of nitrogens with zero attached hydrogens (tertiary/aromatic N) is 3. The number of benzene rings is 1. The zero-order valence-electron chi connectivity index (χ0n) is 10.4. The average Bonchev–Trinajstić information content (AvgIpc) is 2.41. The van der Waals surface area contributed by atoms with E-state index in [2.05, 4.69) is 5.10 Å². The summed E-state index contributed by atoms with van der Waals surface area (Å²) >= 11 is 0. The summed E-state index contributed by atoms with van der Waals surface area (Å²) in [5, 5.41) is 12.4. The van der Waals surface area contributed by atoms with Gasteiger partial charge in [-0.1, -0.05) is 0 Å². The van der Waals surface area contributed by atoms with Crippen molar-refractivity contribution in [2.75, 3.05) is 0 Å². The Hall–Kier alpha value is -2.77. The molecule has 0 aliphatic carbocycles. The summed E-state index contributed by atoms with van der Waals surface area (Å²) in [4.78, 5) is 35.0. The van der Waals surface area contributed by atoms with Crippen LogP contribution in [0, 0.1) is 5.82 Å². The molecule has 0 radical (unpaired) electrons. The fourth-order valence-electron chi connectivity index (χ4n) is 1.67. The SMILES string of the molecule is CCn1nc(C(=O)O)c(=O)n(-c2ccc(F)cc2)c1=O. The second kappa shape index (κ2) is 5.08. The van der Waals surface area contributed by atoms with E-state index < -0.39 is 28.7 Å². The lowest BCUT2D eigenvalue weighted by Gasteiger charge is -2.09. The first-order chi connectivity index (χ1) is 9.45. The lowest BCUT2D eigenvalue weighted by Crippen LogP contribution is -2.43. The van der Waals surface area contributed by atoms with Gasteiger partial charge in [0.05, 0.1) is 5.69 Å². The zero-order chi connectivity index (χ0) is 14.9. The number of hydrogen-bond donors (Lipinski definition) is 1. The Morgan fingerprint density at radius 3 is 2.40 bits per heavy atom. The summed E-state index contributed by atoms with van der Waals surface area (Å²) in [5.74, 6) is -2.07. The number of aromatic carboxylic acids is 1. The molecular weight excluding hydrogens is 269 g/mol. The van der Waals surface area contributed by atoms with Gasteiger partial charge >= 0.3 is 11.7 Å². The third kappa shape index (κ3) is 2.22. The van der Waals surface area contributed by atoms with Crippen LogP contribution < -0.4 is 11.2 Å². The van der Waals surface area contributed by atoms with E-state index in [0.29, 0.717) is 4.57 Å². The average molecular weight is 279 g/mol. The highest BCUT2D eigenvalue weighted by Crippen LogP contribution is 2.04. The summed E-state index contributed by atoms with van der Waals surface area (Å²) in [5.41, 5.74) is -2.53. The van der Waals surface area contributed by atoms with Crippen molar-refractivity contribution in [3.63, 3.8) is 0 Å². The normalized spacial score (nSPS) is 10.5. The third-order valence-corrected chi connectivity index (χ3v) is 2.63. The van der Waals surface area contributed by atoms with E-state index >= 15 is 0 Å². The molecule has 2 aromatic rings. The monoisotopic (exact) mass is 279 g/mol. The molecule has 104 valence electrons. The van der Waals surface area contributed by atoms with Crippen molar-refractivity contribution in [2.45, 2.75) is 13.5 Å². The van der Waals surface area contributed by atoms with Gasteiger partial charge in [-0.25, -0.2) is 23.2 Å². The first kappa shape index (κ1) is 13.7. The molecular formula is C12H10FN3O4. The van der Waals surface area contributed by atoms with Gasteiger partial charge in [0.25, 0.3) is 5.56 Å². The molecule has 1 aromatic heterocycles. The Bertz CT molecular complexity index is 777. The van der Waals surface area contributed by atoms with Crippen molar-refractivity contribution >= 4 is 5.97 Å². The minimum atomic E-state index is -1.53. The van der Waals surface area contributed by atoms with Gasteiger partial charge in [-0.15, -0.1) is 0 Å². The van der Waals surface area contributed by atoms with Crippen LogP contribution >= 0.6 is 0 Å². The Morgan fingerprint density at radius 1 is 1.30 bits per heavy atom. The molecule has 0 saturated heterocycles. The summed E-state index contributed by atoms with van der Waals surface area (Å²) < 4.78 is 14.4. The maximum Gasteiger partial charge on any atom is 0.362 e. The number of aromatic nitrogens is 3. The first-order valence-electron chi connectivity index (χ1n) is 5.69. The zero-order valence-corrected chi connectivity index (χ0v) is 10.4. The molecule has 0 aliphatic rings. The predicted octanol–water partition coefficient (Wildman–Crippen LogP) is 0.251. The van der Waals surface area contributed by atoms with Gasteiger partial charge in [-0.2, -0.15) is 5.10 Å². The molecule has 0 saturated carbocycles. The van der Waals surface area contributed by atoms with Crippen molar-refractivity contribution in [2.24, 2.45) is 0 Å². The van der Waals surface area contributed by atoms with E-state index in [1.54, 1.807) is 6.92 Å². The lowest BCUT2D eigenvalue weighted by molar-refractivity contribution is 0.0684.